The normalized spacial score (nSPS) is 18.3. The van der Waals surface area contributed by atoms with Gasteiger partial charge in [-0.25, -0.2) is 18.1 Å². The zero-order valence-electron chi connectivity index (χ0n) is 14.4. The van der Waals surface area contributed by atoms with Gasteiger partial charge in [-0.3, -0.25) is 4.79 Å². The van der Waals surface area contributed by atoms with E-state index in [2.05, 4.69) is 19.9 Å². The molecule has 0 saturated carbocycles. The predicted octanol–water partition coefficient (Wildman–Crippen LogP) is 2.63. The molecule has 0 aliphatic carbocycles. The summed E-state index contributed by atoms with van der Waals surface area (Å²) in [6.07, 6.45) is 4.09. The maximum Gasteiger partial charge on any atom is 0.242 e. The Labute approximate surface area is 166 Å². The van der Waals surface area contributed by atoms with Gasteiger partial charge >= 0.3 is 0 Å². The highest BCUT2D eigenvalue weighted by molar-refractivity contribution is 7.89. The number of aromatic nitrogens is 1. The van der Waals surface area contributed by atoms with Gasteiger partial charge in [-0.15, -0.1) is 11.3 Å². The molecule has 10 heteroatoms. The summed E-state index contributed by atoms with van der Waals surface area (Å²) in [5.41, 5.74) is 1.38. The fourth-order valence-corrected chi connectivity index (χ4v) is 6.01. The zero-order chi connectivity index (χ0) is 19.0. The number of benzene rings is 1. The summed E-state index contributed by atoms with van der Waals surface area (Å²) in [6, 6.07) is 2.94. The smallest absolute Gasteiger partial charge is 0.242 e. The van der Waals surface area contributed by atoms with E-state index < -0.39 is 10.0 Å². The number of hydrogen-bond donors (Lipinski definition) is 2. The summed E-state index contributed by atoms with van der Waals surface area (Å²) in [5, 5.41) is 5.80. The molecule has 27 heavy (non-hydrogen) atoms. The van der Waals surface area contributed by atoms with E-state index in [9.17, 15) is 13.2 Å². The molecule has 1 saturated heterocycles. The van der Waals surface area contributed by atoms with E-state index in [1.165, 1.54) is 6.07 Å². The molecule has 1 aromatic carbocycles. The Morgan fingerprint density at radius 2 is 2.04 bits per heavy atom. The summed E-state index contributed by atoms with van der Waals surface area (Å²) >= 11 is 7.82. The van der Waals surface area contributed by atoms with Crippen molar-refractivity contribution in [3.63, 3.8) is 0 Å². The van der Waals surface area contributed by atoms with Crippen LogP contribution in [0.3, 0.4) is 0 Å². The van der Waals surface area contributed by atoms with Gasteiger partial charge in [0.2, 0.25) is 15.9 Å². The van der Waals surface area contributed by atoms with Crippen LogP contribution in [0.1, 0.15) is 24.8 Å². The van der Waals surface area contributed by atoms with Crippen molar-refractivity contribution in [3.8, 4) is 0 Å². The van der Waals surface area contributed by atoms with E-state index in [1.54, 1.807) is 23.6 Å². The molecule has 2 aliphatic heterocycles. The summed E-state index contributed by atoms with van der Waals surface area (Å²) in [5.74, 6) is -0.115. The highest BCUT2D eigenvalue weighted by Gasteiger charge is 2.28. The maximum atomic E-state index is 12.9. The van der Waals surface area contributed by atoms with Gasteiger partial charge in [-0.1, -0.05) is 11.6 Å². The number of sulfonamides is 1. The Bertz CT molecular complexity index is 955. The highest BCUT2D eigenvalue weighted by Crippen LogP contribution is 2.32. The lowest BCUT2D eigenvalue weighted by atomic mass is 10.0. The minimum absolute atomic E-state index is 0.00692. The minimum atomic E-state index is -3.78. The van der Waals surface area contributed by atoms with Crippen molar-refractivity contribution >= 4 is 49.7 Å². The number of nitrogens with one attached hydrogen (secondary N) is 2. The minimum Gasteiger partial charge on any atom is -0.348 e. The third-order valence-corrected chi connectivity index (χ3v) is 7.67. The fraction of sp³-hybridized carbons (Fsp3) is 0.412. The van der Waals surface area contributed by atoms with Crippen LogP contribution < -0.4 is 14.9 Å². The number of fused-ring (bicyclic) bond motifs is 1. The highest BCUT2D eigenvalue weighted by atomic mass is 35.5. The lowest BCUT2D eigenvalue weighted by Crippen LogP contribution is -2.44. The Morgan fingerprint density at radius 3 is 2.74 bits per heavy atom. The van der Waals surface area contributed by atoms with Gasteiger partial charge in [-0.2, -0.15) is 0 Å². The largest absolute Gasteiger partial charge is 0.348 e. The number of carbonyl (C=O) groups excluding carboxylic acids is 1. The molecule has 1 aromatic heterocycles. The SMILES string of the molecule is O=C1CCc2cc(Cl)c(S(=O)(=O)NC3CCN(c4nccs4)CC3)cc2N1. The van der Waals surface area contributed by atoms with Crippen LogP contribution in [0.2, 0.25) is 5.02 Å². The number of rotatable bonds is 4. The summed E-state index contributed by atoms with van der Waals surface area (Å²) in [4.78, 5) is 18.1. The average molecular weight is 427 g/mol. The second kappa shape index (κ2) is 7.38. The molecule has 1 amide bonds. The molecular formula is C17H19ClN4O3S2. The molecule has 0 spiro atoms. The molecule has 0 atom stereocenters. The third kappa shape index (κ3) is 3.96. The van der Waals surface area contributed by atoms with Crippen LogP contribution >= 0.6 is 22.9 Å². The van der Waals surface area contributed by atoms with Gasteiger partial charge < -0.3 is 10.2 Å². The van der Waals surface area contributed by atoms with E-state index in [0.717, 1.165) is 23.8 Å². The maximum absolute atomic E-state index is 12.9. The molecule has 0 bridgehead atoms. The van der Waals surface area contributed by atoms with Crippen molar-refractivity contribution < 1.29 is 13.2 Å². The number of aryl methyl sites for hydroxylation is 1. The number of hydrogen-bond acceptors (Lipinski definition) is 6. The van der Waals surface area contributed by atoms with E-state index in [0.29, 0.717) is 31.4 Å². The number of halogens is 1. The van der Waals surface area contributed by atoms with Gasteiger partial charge in [0.05, 0.1) is 5.02 Å². The monoisotopic (exact) mass is 426 g/mol. The lowest BCUT2D eigenvalue weighted by molar-refractivity contribution is -0.116. The number of carbonyl (C=O) groups is 1. The number of piperidine rings is 1. The summed E-state index contributed by atoms with van der Waals surface area (Å²) in [7, 11) is -3.78. The van der Waals surface area contributed by atoms with E-state index >= 15 is 0 Å². The van der Waals surface area contributed by atoms with Gasteiger partial charge in [-0.05, 0) is 37.0 Å². The van der Waals surface area contributed by atoms with Crippen LogP contribution in [0.4, 0.5) is 10.8 Å². The lowest BCUT2D eigenvalue weighted by Gasteiger charge is -2.32. The molecule has 2 aliphatic rings. The number of nitrogens with zero attached hydrogens (tertiary/aromatic N) is 2. The Balaban J connectivity index is 1.48. The molecule has 4 rings (SSSR count). The number of thiazole rings is 1. The average Bonchev–Trinajstić information content (AvgIpc) is 3.16. The molecule has 3 heterocycles. The Kier molecular flexibility index (Phi) is 5.11. The number of amides is 1. The van der Waals surface area contributed by atoms with Crippen molar-refractivity contribution in [3.05, 3.63) is 34.3 Å². The molecule has 1 fully saturated rings. The second-order valence-electron chi connectivity index (χ2n) is 6.69. The molecule has 7 nitrogen and oxygen atoms in total. The standard InChI is InChI=1S/C17H19ClN4O3S2/c18-13-9-11-1-2-16(23)20-14(11)10-15(13)27(24,25)21-12-3-6-22(7-4-12)17-19-5-8-26-17/h5,8-10,12,21H,1-4,6-7H2,(H,20,23). The fourth-order valence-electron chi connectivity index (χ4n) is 3.43. The molecule has 2 N–H and O–H groups in total. The van der Waals surface area contributed by atoms with Gasteiger partial charge in [0.1, 0.15) is 4.90 Å². The Morgan fingerprint density at radius 1 is 1.26 bits per heavy atom. The van der Waals surface area contributed by atoms with Crippen molar-refractivity contribution in [1.82, 2.24) is 9.71 Å². The van der Waals surface area contributed by atoms with Crippen LogP contribution in [0, 0.1) is 0 Å². The summed E-state index contributed by atoms with van der Waals surface area (Å²) in [6.45, 7) is 1.49. The molecular weight excluding hydrogens is 408 g/mol. The predicted molar refractivity (Wildman–Crippen MR) is 106 cm³/mol. The van der Waals surface area contributed by atoms with Crippen molar-refractivity contribution in [2.75, 3.05) is 23.3 Å². The first kappa shape index (κ1) is 18.7. The van der Waals surface area contributed by atoms with Crippen molar-refractivity contribution in [2.45, 2.75) is 36.6 Å². The molecule has 0 unspecified atom stereocenters. The number of anilines is 2. The van der Waals surface area contributed by atoms with Crippen LogP contribution in [0.5, 0.6) is 0 Å². The Hall–Kier alpha value is -1.68. The molecule has 0 radical (unpaired) electrons. The first-order chi connectivity index (χ1) is 12.9. The van der Waals surface area contributed by atoms with E-state index in [4.69, 9.17) is 11.6 Å². The zero-order valence-corrected chi connectivity index (χ0v) is 16.8. The topological polar surface area (TPSA) is 91.4 Å². The van der Waals surface area contributed by atoms with Gasteiger partial charge in [0.15, 0.2) is 5.13 Å². The van der Waals surface area contributed by atoms with Crippen LogP contribution in [0.15, 0.2) is 28.6 Å². The van der Waals surface area contributed by atoms with Crippen molar-refractivity contribution in [2.24, 2.45) is 0 Å². The van der Waals surface area contributed by atoms with Crippen LogP contribution in [0.25, 0.3) is 0 Å². The first-order valence-corrected chi connectivity index (χ1v) is 11.5. The van der Waals surface area contributed by atoms with Crippen LogP contribution in [-0.2, 0) is 21.2 Å². The van der Waals surface area contributed by atoms with E-state index in [-0.39, 0.29) is 21.9 Å². The van der Waals surface area contributed by atoms with E-state index in [1.807, 2.05) is 5.38 Å². The van der Waals surface area contributed by atoms with Gasteiger partial charge in [0, 0.05) is 42.8 Å². The molecule has 144 valence electrons. The van der Waals surface area contributed by atoms with Crippen molar-refractivity contribution in [1.29, 1.82) is 0 Å². The van der Waals surface area contributed by atoms with Crippen LogP contribution in [-0.4, -0.2) is 38.4 Å². The third-order valence-electron chi connectivity index (χ3n) is 4.85. The second-order valence-corrected chi connectivity index (χ2v) is 9.65. The molecule has 2 aromatic rings. The van der Waals surface area contributed by atoms with Gasteiger partial charge in [0.25, 0.3) is 0 Å². The summed E-state index contributed by atoms with van der Waals surface area (Å²) < 4.78 is 28.5. The quantitative estimate of drug-likeness (QED) is 0.784. The first-order valence-electron chi connectivity index (χ1n) is 8.71.